The van der Waals surface area contributed by atoms with Crippen LogP contribution in [0.15, 0.2) is 43.1 Å². The first-order valence-electron chi connectivity index (χ1n) is 14.1. The van der Waals surface area contributed by atoms with E-state index in [-0.39, 0.29) is 36.2 Å². The molecule has 2 saturated carbocycles. The highest BCUT2D eigenvalue weighted by atomic mass is 19.1. The van der Waals surface area contributed by atoms with E-state index in [0.29, 0.717) is 59.3 Å². The largest absolute Gasteiger partial charge is 0.362 e. The maximum Gasteiger partial charge on any atom is 0.331 e. The van der Waals surface area contributed by atoms with Gasteiger partial charge >= 0.3 is 6.03 Å². The zero-order valence-corrected chi connectivity index (χ0v) is 23.8. The summed E-state index contributed by atoms with van der Waals surface area (Å²) in [5.41, 5.74) is 1.27. The molecule has 3 aliphatic rings. The van der Waals surface area contributed by atoms with E-state index in [9.17, 15) is 14.4 Å². The number of hydrogen-bond acceptors (Lipinski definition) is 9. The highest BCUT2D eigenvalue weighted by molar-refractivity contribution is 6.13. The van der Waals surface area contributed by atoms with E-state index >= 15 is 4.39 Å². The number of halogens is 1. The second-order valence-corrected chi connectivity index (χ2v) is 11.4. The van der Waals surface area contributed by atoms with Crippen LogP contribution in [0, 0.1) is 12.8 Å². The fourth-order valence-corrected chi connectivity index (χ4v) is 5.37. The fourth-order valence-electron chi connectivity index (χ4n) is 5.37. The lowest BCUT2D eigenvalue weighted by Crippen LogP contribution is -2.30. The monoisotopic (exact) mass is 584 g/mol. The molecule has 0 spiro atoms. The van der Waals surface area contributed by atoms with Crippen molar-refractivity contribution in [2.24, 2.45) is 5.92 Å². The lowest BCUT2D eigenvalue weighted by molar-refractivity contribution is -0.124. The molecule has 13 nitrogen and oxygen atoms in total. The number of carbonyl (C=O) groups excluding carboxylic acids is 3. The van der Waals surface area contributed by atoms with Gasteiger partial charge in [0, 0.05) is 54.8 Å². The van der Waals surface area contributed by atoms with Crippen LogP contribution in [0.5, 0.6) is 0 Å². The number of nitrogens with one attached hydrogen (secondary N) is 2. The molecule has 43 heavy (non-hydrogen) atoms. The molecule has 4 aromatic heterocycles. The summed E-state index contributed by atoms with van der Waals surface area (Å²) in [5, 5.41) is 6.13. The second-order valence-electron chi connectivity index (χ2n) is 11.4. The van der Waals surface area contributed by atoms with Crippen molar-refractivity contribution < 1.29 is 18.8 Å². The zero-order valence-electron chi connectivity index (χ0n) is 23.8. The summed E-state index contributed by atoms with van der Waals surface area (Å²) in [6.07, 6.45) is 7.99. The van der Waals surface area contributed by atoms with Gasteiger partial charge < -0.3 is 15.0 Å². The van der Waals surface area contributed by atoms with Gasteiger partial charge in [0.25, 0.3) is 0 Å². The molecule has 14 heteroatoms. The Kier molecular flexibility index (Phi) is 6.11. The molecule has 3 atom stereocenters. The molecule has 0 bridgehead atoms. The Balaban J connectivity index is 1.09. The average molecular weight is 585 g/mol. The van der Waals surface area contributed by atoms with Crippen LogP contribution in [0.2, 0.25) is 0 Å². The minimum Gasteiger partial charge on any atom is -0.362 e. The Labute approximate surface area is 245 Å². The Morgan fingerprint density at radius 2 is 1.91 bits per heavy atom. The third kappa shape index (κ3) is 4.91. The van der Waals surface area contributed by atoms with Crippen molar-refractivity contribution >= 4 is 40.8 Å². The number of aromatic nitrogens is 6. The SMILES string of the molecule is Cc1ccnc([C@H]2C[C@@H]2C(=O)Nc2cc(N[C@H](C)c3cn4cc(C5(F)CC5)cc(N5CC(=O)N(C)C5=O)c4n3)ncn2)n1. The van der Waals surface area contributed by atoms with E-state index < -0.39 is 11.7 Å². The van der Waals surface area contributed by atoms with E-state index in [0.717, 1.165) is 10.6 Å². The molecule has 4 aromatic rings. The van der Waals surface area contributed by atoms with Crippen molar-refractivity contribution in [2.45, 2.75) is 50.7 Å². The van der Waals surface area contributed by atoms with Crippen LogP contribution in [-0.2, 0) is 15.3 Å². The van der Waals surface area contributed by atoms with Crippen molar-refractivity contribution in [1.82, 2.24) is 34.2 Å². The minimum absolute atomic E-state index is 0.0126. The number of rotatable bonds is 8. The van der Waals surface area contributed by atoms with E-state index in [4.69, 9.17) is 4.98 Å². The third-order valence-corrected chi connectivity index (χ3v) is 8.23. The maximum atomic E-state index is 15.2. The van der Waals surface area contributed by atoms with Gasteiger partial charge in [-0.15, -0.1) is 0 Å². The number of imide groups is 1. The van der Waals surface area contributed by atoms with Crippen LogP contribution in [0.3, 0.4) is 0 Å². The highest BCUT2D eigenvalue weighted by Gasteiger charge is 2.47. The zero-order chi connectivity index (χ0) is 30.0. The fraction of sp³-hybridized carbons (Fsp3) is 0.379. The van der Waals surface area contributed by atoms with E-state index in [1.807, 2.05) is 19.9 Å². The molecule has 2 N–H and O–H groups in total. The van der Waals surface area contributed by atoms with Gasteiger partial charge in [0.2, 0.25) is 11.8 Å². The molecule has 7 rings (SSSR count). The van der Waals surface area contributed by atoms with Crippen LogP contribution in [0.1, 0.15) is 60.9 Å². The van der Waals surface area contributed by atoms with Crippen molar-refractivity contribution in [3.63, 3.8) is 0 Å². The Bertz CT molecular complexity index is 1800. The first kappa shape index (κ1) is 26.9. The van der Waals surface area contributed by atoms with Crippen LogP contribution < -0.4 is 15.5 Å². The van der Waals surface area contributed by atoms with Gasteiger partial charge in [-0.05, 0) is 45.2 Å². The molecule has 220 valence electrons. The molecule has 0 aromatic carbocycles. The summed E-state index contributed by atoms with van der Waals surface area (Å²) in [4.78, 5) is 62.3. The molecular formula is C29H29FN10O3. The standard InChI is InChI=1S/C29H29FN10O3/c1-15-4-7-31-25(34-15)18-9-19(18)27(42)37-23-10-22(32-14-33-23)35-16(2)20-12-39-11-17(29(30)5-6-29)8-21(26(39)36-20)40-13-24(41)38(3)28(40)43/h4,7-8,10-12,14,16,18-19H,5-6,9,13H2,1-3H3,(H2,32,33,35,37,42)/t16-,18+,19+/m1/s1. The van der Waals surface area contributed by atoms with Crippen LogP contribution in [0.4, 0.5) is 26.5 Å². The summed E-state index contributed by atoms with van der Waals surface area (Å²) in [7, 11) is 1.42. The number of likely N-dealkylation sites (N-methyl/N-ethyl adjacent to an activating group) is 1. The predicted molar refractivity (Wildman–Crippen MR) is 153 cm³/mol. The summed E-state index contributed by atoms with van der Waals surface area (Å²) in [6.45, 7) is 3.64. The number of anilines is 3. The highest BCUT2D eigenvalue weighted by Crippen LogP contribution is 2.50. The summed E-state index contributed by atoms with van der Waals surface area (Å²) < 4.78 is 16.9. The number of nitrogens with zero attached hydrogens (tertiary/aromatic N) is 8. The molecule has 1 saturated heterocycles. The smallest absolute Gasteiger partial charge is 0.331 e. The molecule has 1 aliphatic heterocycles. The summed E-state index contributed by atoms with van der Waals surface area (Å²) in [5.74, 6) is 0.761. The average Bonchev–Trinajstić information content (AvgIpc) is 3.88. The number of amides is 4. The van der Waals surface area contributed by atoms with Crippen molar-refractivity contribution in [3.8, 4) is 0 Å². The van der Waals surface area contributed by atoms with Gasteiger partial charge in [0.15, 0.2) is 5.65 Å². The molecule has 5 heterocycles. The minimum atomic E-state index is -1.45. The van der Waals surface area contributed by atoms with Gasteiger partial charge in [0.1, 0.15) is 36.0 Å². The number of fused-ring (bicyclic) bond motifs is 1. The molecule has 0 unspecified atom stereocenters. The summed E-state index contributed by atoms with van der Waals surface area (Å²) in [6, 6.07) is 4.24. The van der Waals surface area contributed by atoms with Crippen LogP contribution in [0.25, 0.3) is 5.65 Å². The topological polar surface area (TPSA) is 151 Å². The Hall–Kier alpha value is -5.01. The first-order valence-corrected chi connectivity index (χ1v) is 14.1. The number of imidazole rings is 1. The maximum absolute atomic E-state index is 15.2. The van der Waals surface area contributed by atoms with Crippen molar-refractivity contribution in [2.75, 3.05) is 29.1 Å². The molecule has 3 fully saturated rings. The van der Waals surface area contributed by atoms with Crippen molar-refractivity contribution in [3.05, 3.63) is 65.9 Å². The van der Waals surface area contributed by atoms with Gasteiger partial charge in [-0.3, -0.25) is 19.4 Å². The van der Waals surface area contributed by atoms with Gasteiger partial charge in [-0.2, -0.15) is 0 Å². The van der Waals surface area contributed by atoms with Gasteiger partial charge in [0.05, 0.1) is 17.4 Å². The predicted octanol–water partition coefficient (Wildman–Crippen LogP) is 3.50. The number of hydrogen-bond donors (Lipinski definition) is 2. The Morgan fingerprint density at radius 3 is 2.63 bits per heavy atom. The number of aryl methyl sites for hydroxylation is 1. The lowest BCUT2D eigenvalue weighted by Gasteiger charge is -2.18. The molecular weight excluding hydrogens is 555 g/mol. The number of alkyl halides is 1. The summed E-state index contributed by atoms with van der Waals surface area (Å²) >= 11 is 0. The molecule has 4 amide bonds. The van der Waals surface area contributed by atoms with Gasteiger partial charge in [-0.1, -0.05) is 0 Å². The first-order chi connectivity index (χ1) is 20.6. The number of pyridine rings is 1. The van der Waals surface area contributed by atoms with E-state index in [1.165, 1.54) is 18.3 Å². The number of carbonyl (C=O) groups is 3. The van der Waals surface area contributed by atoms with Gasteiger partial charge in [-0.25, -0.2) is 34.1 Å². The van der Waals surface area contributed by atoms with Crippen LogP contribution >= 0.6 is 0 Å². The van der Waals surface area contributed by atoms with Crippen molar-refractivity contribution in [1.29, 1.82) is 0 Å². The van der Waals surface area contributed by atoms with E-state index in [2.05, 4.69) is 30.6 Å². The quantitative estimate of drug-likeness (QED) is 0.297. The molecule has 2 aliphatic carbocycles. The molecule has 0 radical (unpaired) electrons. The van der Waals surface area contributed by atoms with E-state index in [1.54, 1.807) is 35.1 Å². The normalized spacial score (nSPS) is 21.3. The number of urea groups is 1. The second kappa shape index (κ2) is 9.78. The Morgan fingerprint density at radius 1 is 1.12 bits per heavy atom. The van der Waals surface area contributed by atoms with Crippen LogP contribution in [-0.4, -0.2) is 65.7 Å². The lowest BCUT2D eigenvalue weighted by atomic mass is 10.1. The third-order valence-electron chi connectivity index (χ3n) is 8.23.